The van der Waals surface area contributed by atoms with Gasteiger partial charge < -0.3 is 14.7 Å². The highest BCUT2D eigenvalue weighted by Crippen LogP contribution is 2.46. The number of anilines is 1. The summed E-state index contributed by atoms with van der Waals surface area (Å²) in [7, 11) is 0. The molecule has 138 valence electrons. The molecule has 0 spiro atoms. The zero-order valence-corrected chi connectivity index (χ0v) is 15.8. The van der Waals surface area contributed by atoms with Gasteiger partial charge in [0.25, 0.3) is 0 Å². The van der Waals surface area contributed by atoms with Crippen molar-refractivity contribution in [3.05, 3.63) is 35.5 Å². The van der Waals surface area contributed by atoms with Gasteiger partial charge in [0.1, 0.15) is 0 Å². The Morgan fingerprint density at radius 2 is 2.04 bits per heavy atom. The number of aromatic nitrogens is 5. The summed E-state index contributed by atoms with van der Waals surface area (Å²) in [6.07, 6.45) is 2.88. The molecule has 0 aliphatic heterocycles. The molecule has 3 N–H and O–H groups in total. The highest BCUT2D eigenvalue weighted by Gasteiger charge is 2.35. The third kappa shape index (κ3) is 2.45. The summed E-state index contributed by atoms with van der Waals surface area (Å²) in [5.41, 5.74) is 6.78. The summed E-state index contributed by atoms with van der Waals surface area (Å²) in [5, 5.41) is 20.0. The van der Waals surface area contributed by atoms with E-state index in [1.165, 1.54) is 16.5 Å². The molecule has 4 aromatic rings. The highest BCUT2D eigenvalue weighted by molar-refractivity contribution is 5.95. The van der Waals surface area contributed by atoms with Crippen molar-refractivity contribution >= 4 is 16.9 Å². The van der Waals surface area contributed by atoms with E-state index < -0.39 is 0 Å². The van der Waals surface area contributed by atoms with E-state index in [4.69, 9.17) is 4.42 Å². The van der Waals surface area contributed by atoms with Gasteiger partial charge in [0.05, 0.1) is 17.6 Å². The average Bonchev–Trinajstić information content (AvgIpc) is 3.30. The van der Waals surface area contributed by atoms with Crippen LogP contribution in [0.2, 0.25) is 0 Å². The van der Waals surface area contributed by atoms with Crippen LogP contribution in [0, 0.1) is 0 Å². The van der Waals surface area contributed by atoms with Crippen LogP contribution in [0.4, 0.5) is 6.01 Å². The van der Waals surface area contributed by atoms with E-state index in [0.29, 0.717) is 11.9 Å². The summed E-state index contributed by atoms with van der Waals surface area (Å²) >= 11 is 0. The van der Waals surface area contributed by atoms with Crippen molar-refractivity contribution in [2.75, 3.05) is 5.32 Å². The molecular weight excluding hydrogens is 340 g/mol. The molecule has 0 saturated carbocycles. The molecule has 0 bridgehead atoms. The van der Waals surface area contributed by atoms with Gasteiger partial charge in [-0.15, -0.1) is 5.10 Å². The largest absolute Gasteiger partial charge is 0.403 e. The summed E-state index contributed by atoms with van der Waals surface area (Å²) in [4.78, 5) is 3.57. The maximum Gasteiger partial charge on any atom is 0.315 e. The number of hydrogen-bond donors (Lipinski definition) is 3. The molecule has 1 aromatic carbocycles. The maximum absolute atomic E-state index is 5.79. The van der Waals surface area contributed by atoms with Crippen molar-refractivity contribution in [3.8, 4) is 22.8 Å². The molecule has 3 aromatic heterocycles. The smallest absolute Gasteiger partial charge is 0.315 e. The van der Waals surface area contributed by atoms with Crippen molar-refractivity contribution in [1.29, 1.82) is 0 Å². The Kier molecular flexibility index (Phi) is 3.25. The molecule has 0 radical (unpaired) electrons. The number of benzene rings is 1. The van der Waals surface area contributed by atoms with Crippen LogP contribution in [0.25, 0.3) is 33.7 Å². The van der Waals surface area contributed by atoms with Crippen molar-refractivity contribution < 1.29 is 4.42 Å². The zero-order chi connectivity index (χ0) is 18.8. The predicted octanol–water partition coefficient (Wildman–Crippen LogP) is 4.26. The molecule has 1 aliphatic carbocycles. The van der Waals surface area contributed by atoms with E-state index in [1.807, 2.05) is 26.1 Å². The SMILES string of the molecule is CC(C)Nc1nnc(-c2ccc3[nH]c4c(c3c2)C(C)(C)Cc2cn[nH]c2-4)o1. The van der Waals surface area contributed by atoms with Crippen LogP contribution in [0.15, 0.2) is 28.8 Å². The Morgan fingerprint density at radius 1 is 1.19 bits per heavy atom. The maximum atomic E-state index is 5.79. The van der Waals surface area contributed by atoms with Crippen LogP contribution in [-0.2, 0) is 11.8 Å². The number of aromatic amines is 2. The molecule has 0 fully saturated rings. The van der Waals surface area contributed by atoms with Crippen LogP contribution >= 0.6 is 0 Å². The summed E-state index contributed by atoms with van der Waals surface area (Å²) in [6.45, 7) is 8.62. The van der Waals surface area contributed by atoms with Crippen LogP contribution in [0.1, 0.15) is 38.8 Å². The fourth-order valence-corrected chi connectivity index (χ4v) is 4.09. The van der Waals surface area contributed by atoms with E-state index in [2.05, 4.69) is 56.7 Å². The van der Waals surface area contributed by atoms with E-state index >= 15 is 0 Å². The number of fused-ring (bicyclic) bond motifs is 5. The number of H-pyrrole nitrogens is 2. The molecule has 1 aliphatic rings. The second-order valence-electron chi connectivity index (χ2n) is 8.18. The molecule has 5 rings (SSSR count). The van der Waals surface area contributed by atoms with Gasteiger partial charge in [-0.3, -0.25) is 5.10 Å². The summed E-state index contributed by atoms with van der Waals surface area (Å²) < 4.78 is 5.79. The van der Waals surface area contributed by atoms with Crippen LogP contribution < -0.4 is 5.32 Å². The molecule has 3 heterocycles. The molecule has 7 heteroatoms. The van der Waals surface area contributed by atoms with Crippen molar-refractivity contribution in [2.45, 2.75) is 45.6 Å². The quantitative estimate of drug-likeness (QED) is 0.506. The first-order valence-corrected chi connectivity index (χ1v) is 9.21. The Balaban J connectivity index is 1.66. The van der Waals surface area contributed by atoms with Gasteiger partial charge in [0.15, 0.2) is 0 Å². The standard InChI is InChI=1S/C20H22N6O/c1-10(2)22-19-26-25-18(27-19)11-5-6-14-13(7-11)15-17(23-14)16-12(9-21-24-16)8-20(15,3)4/h5-7,9-10,23H,8H2,1-4H3,(H,21,24)(H,22,26). The molecule has 7 nitrogen and oxygen atoms in total. The molecule has 0 atom stereocenters. The zero-order valence-electron chi connectivity index (χ0n) is 15.8. The fourth-order valence-electron chi connectivity index (χ4n) is 4.09. The minimum Gasteiger partial charge on any atom is -0.403 e. The van der Waals surface area contributed by atoms with Gasteiger partial charge in [-0.25, -0.2) is 0 Å². The lowest BCUT2D eigenvalue weighted by atomic mass is 9.73. The van der Waals surface area contributed by atoms with Crippen LogP contribution in [-0.4, -0.2) is 31.4 Å². The van der Waals surface area contributed by atoms with Gasteiger partial charge in [-0.1, -0.05) is 18.9 Å². The van der Waals surface area contributed by atoms with Gasteiger partial charge >= 0.3 is 6.01 Å². The van der Waals surface area contributed by atoms with E-state index in [9.17, 15) is 0 Å². The van der Waals surface area contributed by atoms with E-state index in [0.717, 1.165) is 28.9 Å². The van der Waals surface area contributed by atoms with Crippen molar-refractivity contribution in [1.82, 2.24) is 25.4 Å². The molecule has 0 saturated heterocycles. The third-order valence-corrected chi connectivity index (χ3v) is 5.16. The summed E-state index contributed by atoms with van der Waals surface area (Å²) in [6, 6.07) is 6.91. The first-order chi connectivity index (χ1) is 12.9. The first-order valence-electron chi connectivity index (χ1n) is 9.21. The lowest BCUT2D eigenvalue weighted by Crippen LogP contribution is -2.24. The van der Waals surface area contributed by atoms with Gasteiger partial charge in [0.2, 0.25) is 5.89 Å². The fraction of sp³-hybridized carbons (Fsp3) is 0.350. The molecule has 0 amide bonds. The Morgan fingerprint density at radius 3 is 2.85 bits per heavy atom. The predicted molar refractivity (Wildman–Crippen MR) is 105 cm³/mol. The van der Waals surface area contributed by atoms with E-state index in [-0.39, 0.29) is 11.5 Å². The Bertz CT molecular complexity index is 1150. The second kappa shape index (κ2) is 5.45. The molecule has 27 heavy (non-hydrogen) atoms. The first kappa shape index (κ1) is 16.1. The monoisotopic (exact) mass is 362 g/mol. The highest BCUT2D eigenvalue weighted by atomic mass is 16.4. The number of nitrogens with one attached hydrogen (secondary N) is 3. The molecule has 0 unspecified atom stereocenters. The number of rotatable bonds is 3. The van der Waals surface area contributed by atoms with Crippen LogP contribution in [0.3, 0.4) is 0 Å². The van der Waals surface area contributed by atoms with Gasteiger partial charge in [0, 0.05) is 28.1 Å². The number of nitrogens with zero attached hydrogens (tertiary/aromatic N) is 3. The number of hydrogen-bond acceptors (Lipinski definition) is 5. The Hall–Kier alpha value is -3.09. The minimum absolute atomic E-state index is 0.00226. The third-order valence-electron chi connectivity index (χ3n) is 5.16. The van der Waals surface area contributed by atoms with E-state index in [1.54, 1.807) is 0 Å². The van der Waals surface area contributed by atoms with Gasteiger partial charge in [-0.2, -0.15) is 5.10 Å². The van der Waals surface area contributed by atoms with Gasteiger partial charge in [-0.05, 0) is 49.4 Å². The lowest BCUT2D eigenvalue weighted by Gasteiger charge is -2.30. The Labute approximate surface area is 156 Å². The summed E-state index contributed by atoms with van der Waals surface area (Å²) in [5.74, 6) is 0.519. The van der Waals surface area contributed by atoms with Crippen molar-refractivity contribution in [3.63, 3.8) is 0 Å². The topological polar surface area (TPSA) is 95.4 Å². The normalized spacial score (nSPS) is 15.1. The van der Waals surface area contributed by atoms with Crippen LogP contribution in [0.5, 0.6) is 0 Å². The lowest BCUT2D eigenvalue weighted by molar-refractivity contribution is 0.521. The van der Waals surface area contributed by atoms with Crippen molar-refractivity contribution in [2.24, 2.45) is 0 Å². The minimum atomic E-state index is 0.00226. The second-order valence-corrected chi connectivity index (χ2v) is 8.18. The average molecular weight is 362 g/mol. The molecular formula is C20H22N6O.